The predicted molar refractivity (Wildman–Crippen MR) is 121 cm³/mol. The Morgan fingerprint density at radius 1 is 1.03 bits per heavy atom. The monoisotopic (exact) mass is 401 g/mol. The minimum atomic E-state index is 0.0652. The third-order valence-electron chi connectivity index (χ3n) is 5.19. The molecular weight excluding hydrogens is 374 g/mol. The molecule has 1 aromatic heterocycles. The number of nitrogens with zero attached hydrogens (tertiary/aromatic N) is 2. The molecule has 0 aliphatic heterocycles. The topological polar surface area (TPSA) is 56.2 Å². The van der Waals surface area contributed by atoms with Crippen molar-refractivity contribution in [2.45, 2.75) is 39.3 Å². The lowest BCUT2D eigenvalue weighted by Gasteiger charge is -2.12. The normalized spacial score (nSPS) is 11.1. The van der Waals surface area contributed by atoms with Gasteiger partial charge in [0, 0.05) is 18.4 Å². The summed E-state index contributed by atoms with van der Waals surface area (Å²) < 4.78 is 8.28. The lowest BCUT2D eigenvalue weighted by Crippen LogP contribution is -2.24. The van der Waals surface area contributed by atoms with Gasteiger partial charge in [0.2, 0.25) is 5.91 Å². The summed E-state index contributed by atoms with van der Waals surface area (Å²) in [5.41, 5.74) is 2.04. The van der Waals surface area contributed by atoms with E-state index in [1.54, 1.807) is 0 Å². The van der Waals surface area contributed by atoms with Crippen LogP contribution in [-0.4, -0.2) is 22.1 Å². The number of carbonyl (C=O) groups is 1. The minimum absolute atomic E-state index is 0.0652. The molecule has 0 saturated carbocycles. The second-order valence-electron chi connectivity index (χ2n) is 7.37. The molecule has 0 aliphatic carbocycles. The number of aryl methyl sites for hydroxylation is 1. The van der Waals surface area contributed by atoms with Gasteiger partial charge in [0.1, 0.15) is 11.6 Å². The molecule has 1 amide bonds. The van der Waals surface area contributed by atoms with Gasteiger partial charge < -0.3 is 14.6 Å². The molecule has 5 heteroatoms. The maximum atomic E-state index is 11.9. The second kappa shape index (κ2) is 9.44. The largest absolute Gasteiger partial charge is 0.493 e. The fourth-order valence-electron chi connectivity index (χ4n) is 3.73. The summed E-state index contributed by atoms with van der Waals surface area (Å²) in [6.07, 6.45) is 2.23. The van der Waals surface area contributed by atoms with Gasteiger partial charge in [0.15, 0.2) is 0 Å². The van der Waals surface area contributed by atoms with Gasteiger partial charge in [-0.2, -0.15) is 0 Å². The first-order chi connectivity index (χ1) is 14.8. The SMILES string of the molecule is CCCC(=O)NCc1nc2ccccc2n1CCCOc1cccc2ccccc12. The highest BCUT2D eigenvalue weighted by molar-refractivity contribution is 5.88. The van der Waals surface area contributed by atoms with E-state index < -0.39 is 0 Å². The van der Waals surface area contributed by atoms with Gasteiger partial charge >= 0.3 is 0 Å². The fourth-order valence-corrected chi connectivity index (χ4v) is 3.73. The Balaban J connectivity index is 1.44. The quantitative estimate of drug-likeness (QED) is 0.398. The van der Waals surface area contributed by atoms with E-state index in [0.29, 0.717) is 19.6 Å². The van der Waals surface area contributed by atoms with Crippen LogP contribution in [0.2, 0.25) is 0 Å². The molecule has 154 valence electrons. The third-order valence-corrected chi connectivity index (χ3v) is 5.19. The molecule has 5 nitrogen and oxygen atoms in total. The van der Waals surface area contributed by atoms with Crippen molar-refractivity contribution in [3.63, 3.8) is 0 Å². The zero-order valence-corrected chi connectivity index (χ0v) is 17.3. The van der Waals surface area contributed by atoms with E-state index >= 15 is 0 Å². The first-order valence-electron chi connectivity index (χ1n) is 10.6. The summed E-state index contributed by atoms with van der Waals surface area (Å²) in [4.78, 5) is 16.6. The number of hydrogen-bond donors (Lipinski definition) is 1. The molecule has 0 radical (unpaired) electrons. The van der Waals surface area contributed by atoms with Crippen molar-refractivity contribution in [2.24, 2.45) is 0 Å². The fraction of sp³-hybridized carbons (Fsp3) is 0.280. The van der Waals surface area contributed by atoms with Crippen LogP contribution in [0.25, 0.3) is 21.8 Å². The van der Waals surface area contributed by atoms with Crippen molar-refractivity contribution >= 4 is 27.7 Å². The Hall–Kier alpha value is -3.34. The number of rotatable bonds is 9. The van der Waals surface area contributed by atoms with Gasteiger partial charge in [0.25, 0.3) is 0 Å². The van der Waals surface area contributed by atoms with Gasteiger partial charge in [-0.05, 0) is 36.4 Å². The van der Waals surface area contributed by atoms with Gasteiger partial charge in [-0.25, -0.2) is 4.98 Å². The van der Waals surface area contributed by atoms with Crippen LogP contribution >= 0.6 is 0 Å². The van der Waals surface area contributed by atoms with Crippen molar-refractivity contribution in [3.05, 3.63) is 72.6 Å². The zero-order valence-electron chi connectivity index (χ0n) is 17.3. The molecule has 0 unspecified atom stereocenters. The minimum Gasteiger partial charge on any atom is -0.493 e. The summed E-state index contributed by atoms with van der Waals surface area (Å²) >= 11 is 0. The maximum Gasteiger partial charge on any atom is 0.220 e. The van der Waals surface area contributed by atoms with Crippen LogP contribution in [0.3, 0.4) is 0 Å². The number of amides is 1. The van der Waals surface area contributed by atoms with Crippen LogP contribution in [0.5, 0.6) is 5.75 Å². The molecule has 0 atom stereocenters. The molecule has 30 heavy (non-hydrogen) atoms. The van der Waals surface area contributed by atoms with Crippen LogP contribution in [-0.2, 0) is 17.9 Å². The molecule has 1 heterocycles. The number of aromatic nitrogens is 2. The first kappa shape index (κ1) is 20.0. The molecule has 1 N–H and O–H groups in total. The second-order valence-corrected chi connectivity index (χ2v) is 7.37. The standard InChI is InChI=1S/C25H27N3O2/c1-2-9-25(29)26-18-24-27-21-13-5-6-14-22(21)28(24)16-8-17-30-23-15-7-11-19-10-3-4-12-20(19)23/h3-7,10-15H,2,8-9,16-18H2,1H3,(H,26,29). The van der Waals surface area contributed by atoms with Crippen LogP contribution in [0.4, 0.5) is 0 Å². The van der Waals surface area contributed by atoms with Crippen LogP contribution < -0.4 is 10.1 Å². The molecule has 4 rings (SSSR count). The van der Waals surface area contributed by atoms with E-state index in [4.69, 9.17) is 9.72 Å². The molecule has 3 aromatic carbocycles. The number of ether oxygens (including phenoxy) is 1. The van der Waals surface area contributed by atoms with Gasteiger partial charge in [-0.3, -0.25) is 4.79 Å². The van der Waals surface area contributed by atoms with Crippen molar-refractivity contribution in [1.82, 2.24) is 14.9 Å². The van der Waals surface area contributed by atoms with Crippen molar-refractivity contribution in [2.75, 3.05) is 6.61 Å². The molecule has 0 bridgehead atoms. The number of para-hydroxylation sites is 2. The number of hydrogen-bond acceptors (Lipinski definition) is 3. The lowest BCUT2D eigenvalue weighted by atomic mass is 10.1. The Morgan fingerprint density at radius 3 is 2.73 bits per heavy atom. The van der Waals surface area contributed by atoms with E-state index in [2.05, 4.69) is 34.1 Å². The number of fused-ring (bicyclic) bond motifs is 2. The summed E-state index contributed by atoms with van der Waals surface area (Å²) in [6.45, 7) is 3.84. The highest BCUT2D eigenvalue weighted by Crippen LogP contribution is 2.25. The number of carbonyl (C=O) groups excluding carboxylic acids is 1. The van der Waals surface area contributed by atoms with Gasteiger partial charge in [0.05, 0.1) is 24.2 Å². The van der Waals surface area contributed by atoms with E-state index in [9.17, 15) is 4.79 Å². The Labute approximate surface area is 176 Å². The Morgan fingerprint density at radius 2 is 1.83 bits per heavy atom. The van der Waals surface area contributed by atoms with Crippen molar-refractivity contribution in [3.8, 4) is 5.75 Å². The summed E-state index contributed by atoms with van der Waals surface area (Å²) in [7, 11) is 0. The smallest absolute Gasteiger partial charge is 0.220 e. The molecule has 0 saturated heterocycles. The Bertz CT molecular complexity index is 1140. The van der Waals surface area contributed by atoms with Crippen LogP contribution in [0.1, 0.15) is 32.0 Å². The van der Waals surface area contributed by atoms with Gasteiger partial charge in [-0.15, -0.1) is 0 Å². The maximum absolute atomic E-state index is 11.9. The Kier molecular flexibility index (Phi) is 6.28. The number of imidazole rings is 1. The molecular formula is C25H27N3O2. The van der Waals surface area contributed by atoms with Crippen molar-refractivity contribution in [1.29, 1.82) is 0 Å². The van der Waals surface area contributed by atoms with Crippen LogP contribution in [0, 0.1) is 0 Å². The molecule has 0 spiro atoms. The van der Waals surface area contributed by atoms with E-state index in [-0.39, 0.29) is 5.91 Å². The van der Waals surface area contributed by atoms with Crippen LogP contribution in [0.15, 0.2) is 66.7 Å². The average Bonchev–Trinajstić information content (AvgIpc) is 3.13. The highest BCUT2D eigenvalue weighted by Gasteiger charge is 2.11. The summed E-state index contributed by atoms with van der Waals surface area (Å²) in [6, 6.07) is 22.5. The zero-order chi connectivity index (χ0) is 20.8. The highest BCUT2D eigenvalue weighted by atomic mass is 16.5. The van der Waals surface area contributed by atoms with E-state index in [1.807, 2.05) is 49.4 Å². The van der Waals surface area contributed by atoms with Crippen molar-refractivity contribution < 1.29 is 9.53 Å². The lowest BCUT2D eigenvalue weighted by molar-refractivity contribution is -0.121. The predicted octanol–water partition coefficient (Wildman–Crippen LogP) is 5.07. The molecule has 0 aliphatic rings. The first-order valence-corrected chi connectivity index (χ1v) is 10.6. The van der Waals surface area contributed by atoms with E-state index in [0.717, 1.165) is 47.4 Å². The summed E-state index contributed by atoms with van der Waals surface area (Å²) in [5, 5.41) is 5.30. The molecule has 4 aromatic rings. The average molecular weight is 402 g/mol. The third kappa shape index (κ3) is 4.46. The van der Waals surface area contributed by atoms with E-state index in [1.165, 1.54) is 5.39 Å². The summed E-state index contributed by atoms with van der Waals surface area (Å²) in [5.74, 6) is 1.86. The number of benzene rings is 3. The number of nitrogens with one attached hydrogen (secondary N) is 1. The van der Waals surface area contributed by atoms with Gasteiger partial charge in [-0.1, -0.05) is 55.5 Å². The molecule has 0 fully saturated rings.